The number of pyridine rings is 1. The smallest absolute Gasteiger partial charge is 0.249 e. The summed E-state index contributed by atoms with van der Waals surface area (Å²) < 4.78 is 7.70. The van der Waals surface area contributed by atoms with E-state index in [1.807, 2.05) is 44.7 Å². The van der Waals surface area contributed by atoms with Crippen molar-refractivity contribution in [3.8, 4) is 11.5 Å². The molecular formula is C21H26N6O2. The Morgan fingerprint density at radius 1 is 1.14 bits per heavy atom. The van der Waals surface area contributed by atoms with Crippen molar-refractivity contribution in [1.29, 1.82) is 0 Å². The van der Waals surface area contributed by atoms with E-state index in [-0.39, 0.29) is 18.4 Å². The lowest BCUT2D eigenvalue weighted by atomic mass is 9.97. The molecule has 1 aliphatic heterocycles. The van der Waals surface area contributed by atoms with Gasteiger partial charge in [-0.3, -0.25) is 14.5 Å². The predicted octanol–water partition coefficient (Wildman–Crippen LogP) is 2.97. The van der Waals surface area contributed by atoms with Crippen LogP contribution in [0.2, 0.25) is 0 Å². The summed E-state index contributed by atoms with van der Waals surface area (Å²) in [5.74, 6) is 1.41. The zero-order valence-corrected chi connectivity index (χ0v) is 17.3. The maximum absolute atomic E-state index is 12.7. The second-order valence-corrected chi connectivity index (χ2v) is 7.74. The molecule has 0 radical (unpaired) electrons. The van der Waals surface area contributed by atoms with Crippen LogP contribution in [0.15, 0.2) is 22.7 Å². The molecule has 1 amide bonds. The molecule has 152 valence electrons. The normalized spacial score (nSPS) is 15.1. The maximum Gasteiger partial charge on any atom is 0.249 e. The molecule has 1 saturated heterocycles. The summed E-state index contributed by atoms with van der Waals surface area (Å²) in [6.45, 7) is 9.61. The van der Waals surface area contributed by atoms with Crippen LogP contribution in [0.25, 0.3) is 11.5 Å². The minimum atomic E-state index is 0.103. The minimum Gasteiger partial charge on any atom is -0.420 e. The first-order valence-electron chi connectivity index (χ1n) is 9.97. The van der Waals surface area contributed by atoms with Gasteiger partial charge in [-0.05, 0) is 58.2 Å². The summed E-state index contributed by atoms with van der Waals surface area (Å²) in [7, 11) is 0. The van der Waals surface area contributed by atoms with Crippen LogP contribution in [0.5, 0.6) is 0 Å². The average molecular weight is 394 g/mol. The molecule has 8 nitrogen and oxygen atoms in total. The maximum atomic E-state index is 12.7. The van der Waals surface area contributed by atoms with E-state index in [0.29, 0.717) is 24.9 Å². The highest BCUT2D eigenvalue weighted by Crippen LogP contribution is 2.29. The monoisotopic (exact) mass is 394 g/mol. The van der Waals surface area contributed by atoms with Gasteiger partial charge >= 0.3 is 0 Å². The van der Waals surface area contributed by atoms with Crippen LogP contribution in [0, 0.1) is 27.7 Å². The first-order chi connectivity index (χ1) is 13.9. The van der Waals surface area contributed by atoms with Crippen molar-refractivity contribution >= 4 is 5.91 Å². The highest BCUT2D eigenvalue weighted by atomic mass is 16.4. The number of piperidine rings is 1. The van der Waals surface area contributed by atoms with Crippen molar-refractivity contribution in [3.63, 3.8) is 0 Å². The van der Waals surface area contributed by atoms with E-state index in [1.54, 1.807) is 10.9 Å². The van der Waals surface area contributed by atoms with Crippen molar-refractivity contribution in [1.82, 2.24) is 29.9 Å². The van der Waals surface area contributed by atoms with E-state index >= 15 is 0 Å². The summed E-state index contributed by atoms with van der Waals surface area (Å²) in [5.41, 5.74) is 4.94. The Morgan fingerprint density at radius 2 is 1.90 bits per heavy atom. The summed E-state index contributed by atoms with van der Waals surface area (Å²) in [6.07, 6.45) is 3.37. The van der Waals surface area contributed by atoms with Crippen LogP contribution >= 0.6 is 0 Å². The molecule has 29 heavy (non-hydrogen) atoms. The molecule has 3 aromatic heterocycles. The van der Waals surface area contributed by atoms with Gasteiger partial charge in [0.15, 0.2) is 0 Å². The van der Waals surface area contributed by atoms with Gasteiger partial charge in [0.1, 0.15) is 6.54 Å². The van der Waals surface area contributed by atoms with Crippen LogP contribution in [-0.4, -0.2) is 48.9 Å². The molecule has 0 atom stereocenters. The summed E-state index contributed by atoms with van der Waals surface area (Å²) in [4.78, 5) is 18.9. The molecule has 0 saturated carbocycles. The van der Waals surface area contributed by atoms with Gasteiger partial charge in [0.25, 0.3) is 0 Å². The van der Waals surface area contributed by atoms with Crippen molar-refractivity contribution in [2.24, 2.45) is 0 Å². The van der Waals surface area contributed by atoms with Crippen molar-refractivity contribution in [2.45, 2.75) is 53.0 Å². The number of nitrogens with zero attached hydrogens (tertiary/aromatic N) is 6. The second-order valence-electron chi connectivity index (χ2n) is 7.74. The van der Waals surface area contributed by atoms with E-state index in [4.69, 9.17) is 4.42 Å². The molecule has 4 heterocycles. The van der Waals surface area contributed by atoms with Gasteiger partial charge in [-0.15, -0.1) is 10.2 Å². The van der Waals surface area contributed by atoms with Gasteiger partial charge in [-0.25, -0.2) is 0 Å². The third-order valence-corrected chi connectivity index (χ3v) is 5.82. The standard InChI is InChI=1S/C21H26N6O2/c1-13-5-6-18(11-22-13)21-24-23-20(29-21)17-7-9-26(10-8-17)19(28)12-27-16(4)14(2)15(3)25-27/h5-6,11,17H,7-10,12H2,1-4H3. The molecule has 0 N–H and O–H groups in total. The predicted molar refractivity (Wildman–Crippen MR) is 107 cm³/mol. The van der Waals surface area contributed by atoms with Gasteiger partial charge in [-0.2, -0.15) is 5.10 Å². The number of hydrogen-bond donors (Lipinski definition) is 0. The molecule has 0 aromatic carbocycles. The second kappa shape index (κ2) is 7.77. The van der Waals surface area contributed by atoms with Gasteiger partial charge in [0.05, 0.1) is 11.3 Å². The molecule has 1 aliphatic rings. The first-order valence-corrected chi connectivity index (χ1v) is 9.97. The fourth-order valence-electron chi connectivity index (χ4n) is 3.65. The summed E-state index contributed by atoms with van der Waals surface area (Å²) in [5, 5.41) is 12.9. The van der Waals surface area contributed by atoms with Crippen LogP contribution in [0.3, 0.4) is 0 Å². The highest BCUT2D eigenvalue weighted by molar-refractivity contribution is 5.76. The molecular weight excluding hydrogens is 368 g/mol. The summed E-state index contributed by atoms with van der Waals surface area (Å²) in [6, 6.07) is 3.86. The molecule has 4 rings (SSSR count). The lowest BCUT2D eigenvalue weighted by Gasteiger charge is -2.30. The number of carbonyl (C=O) groups is 1. The minimum absolute atomic E-state index is 0.103. The highest BCUT2D eigenvalue weighted by Gasteiger charge is 2.28. The Bertz CT molecular complexity index is 1010. The zero-order chi connectivity index (χ0) is 20.5. The lowest BCUT2D eigenvalue weighted by Crippen LogP contribution is -2.40. The molecule has 0 aliphatic carbocycles. The Hall–Kier alpha value is -3.03. The third kappa shape index (κ3) is 3.92. The van der Waals surface area contributed by atoms with Crippen LogP contribution < -0.4 is 0 Å². The Balaban J connectivity index is 1.36. The number of hydrogen-bond acceptors (Lipinski definition) is 6. The van der Waals surface area contributed by atoms with Gasteiger partial charge < -0.3 is 9.32 Å². The van der Waals surface area contributed by atoms with Crippen LogP contribution in [0.4, 0.5) is 0 Å². The van der Waals surface area contributed by atoms with E-state index in [0.717, 1.165) is 41.1 Å². The van der Waals surface area contributed by atoms with Gasteiger partial charge in [0.2, 0.25) is 17.7 Å². The largest absolute Gasteiger partial charge is 0.420 e. The average Bonchev–Trinajstić information content (AvgIpc) is 3.30. The SMILES string of the molecule is Cc1ccc(-c2nnc(C3CCN(C(=O)Cn4nc(C)c(C)c4C)CC3)o2)cn1. The van der Waals surface area contributed by atoms with Crippen molar-refractivity contribution in [2.75, 3.05) is 13.1 Å². The van der Waals surface area contributed by atoms with E-state index < -0.39 is 0 Å². The molecule has 3 aromatic rings. The van der Waals surface area contributed by atoms with Gasteiger partial charge in [-0.1, -0.05) is 0 Å². The van der Waals surface area contributed by atoms with Crippen molar-refractivity contribution in [3.05, 3.63) is 46.9 Å². The number of aromatic nitrogens is 5. The fraction of sp³-hybridized carbons (Fsp3) is 0.476. The number of aryl methyl sites for hydroxylation is 2. The zero-order valence-electron chi connectivity index (χ0n) is 17.3. The molecule has 1 fully saturated rings. The number of carbonyl (C=O) groups excluding carboxylic acids is 1. The Kier molecular flexibility index (Phi) is 5.17. The number of rotatable bonds is 4. The summed E-state index contributed by atoms with van der Waals surface area (Å²) >= 11 is 0. The van der Waals surface area contributed by atoms with E-state index in [2.05, 4.69) is 20.3 Å². The lowest BCUT2D eigenvalue weighted by molar-refractivity contribution is -0.133. The molecule has 8 heteroatoms. The number of amides is 1. The van der Waals surface area contributed by atoms with Crippen LogP contribution in [-0.2, 0) is 11.3 Å². The first kappa shape index (κ1) is 19.3. The van der Waals surface area contributed by atoms with E-state index in [9.17, 15) is 4.79 Å². The third-order valence-electron chi connectivity index (χ3n) is 5.82. The number of likely N-dealkylation sites (tertiary alicyclic amines) is 1. The van der Waals surface area contributed by atoms with E-state index in [1.165, 1.54) is 0 Å². The fourth-order valence-corrected chi connectivity index (χ4v) is 3.65. The topological polar surface area (TPSA) is 89.9 Å². The quantitative estimate of drug-likeness (QED) is 0.676. The molecule has 0 unspecified atom stereocenters. The molecule has 0 spiro atoms. The van der Waals surface area contributed by atoms with Crippen LogP contribution in [0.1, 0.15) is 47.3 Å². The Labute approximate surface area is 170 Å². The van der Waals surface area contributed by atoms with Crippen molar-refractivity contribution < 1.29 is 9.21 Å². The Morgan fingerprint density at radius 3 is 2.52 bits per heavy atom. The van der Waals surface area contributed by atoms with Gasteiger partial charge in [0, 0.05) is 36.6 Å². The molecule has 0 bridgehead atoms.